The minimum absolute atomic E-state index is 0.486. The average Bonchev–Trinajstić information content (AvgIpc) is 2.45. The molecular formula is C15H26N4O. The van der Waals surface area contributed by atoms with Crippen LogP contribution in [0.5, 0.6) is 0 Å². The molecule has 1 aromatic heterocycles. The van der Waals surface area contributed by atoms with Gasteiger partial charge < -0.3 is 10.1 Å². The third-order valence-corrected chi connectivity index (χ3v) is 3.62. The second kappa shape index (κ2) is 7.55. The molecule has 0 radical (unpaired) electrons. The normalized spacial score (nSPS) is 20.1. The first-order valence-electron chi connectivity index (χ1n) is 7.63. The van der Waals surface area contributed by atoms with Gasteiger partial charge in [-0.2, -0.15) is 0 Å². The number of anilines is 1. The van der Waals surface area contributed by atoms with Gasteiger partial charge in [0, 0.05) is 30.9 Å². The molecule has 0 spiro atoms. The molecule has 5 nitrogen and oxygen atoms in total. The van der Waals surface area contributed by atoms with Gasteiger partial charge in [0.15, 0.2) is 0 Å². The van der Waals surface area contributed by atoms with E-state index in [1.54, 1.807) is 0 Å². The van der Waals surface area contributed by atoms with Crippen LogP contribution in [0.2, 0.25) is 0 Å². The van der Waals surface area contributed by atoms with Gasteiger partial charge in [0.25, 0.3) is 0 Å². The molecule has 2 heterocycles. The van der Waals surface area contributed by atoms with Crippen LogP contribution < -0.4 is 5.32 Å². The van der Waals surface area contributed by atoms with E-state index < -0.39 is 0 Å². The number of morpholine rings is 1. The molecule has 5 heteroatoms. The van der Waals surface area contributed by atoms with Crippen molar-refractivity contribution in [2.45, 2.75) is 46.2 Å². The maximum absolute atomic E-state index is 5.55. The number of rotatable bonds is 6. The molecule has 1 N–H and O–H groups in total. The Morgan fingerprint density at radius 2 is 2.25 bits per heavy atom. The zero-order valence-electron chi connectivity index (χ0n) is 12.9. The predicted molar refractivity (Wildman–Crippen MR) is 80.9 cm³/mol. The maximum atomic E-state index is 5.55. The summed E-state index contributed by atoms with van der Waals surface area (Å²) in [4.78, 5) is 11.6. The van der Waals surface area contributed by atoms with Gasteiger partial charge in [-0.25, -0.2) is 9.97 Å². The molecule has 20 heavy (non-hydrogen) atoms. The molecule has 1 aliphatic heterocycles. The quantitative estimate of drug-likeness (QED) is 0.864. The molecule has 0 aliphatic carbocycles. The van der Waals surface area contributed by atoms with E-state index in [-0.39, 0.29) is 0 Å². The van der Waals surface area contributed by atoms with E-state index in [0.29, 0.717) is 6.04 Å². The summed E-state index contributed by atoms with van der Waals surface area (Å²) in [7, 11) is 0. The summed E-state index contributed by atoms with van der Waals surface area (Å²) in [6, 6.07) is 2.50. The highest BCUT2D eigenvalue weighted by Gasteiger charge is 2.22. The van der Waals surface area contributed by atoms with Crippen molar-refractivity contribution in [3.63, 3.8) is 0 Å². The summed E-state index contributed by atoms with van der Waals surface area (Å²) in [6.45, 7) is 10.7. The Labute approximate surface area is 121 Å². The maximum Gasteiger partial charge on any atom is 0.144 e. The second-order valence-electron chi connectivity index (χ2n) is 5.35. The SMILES string of the molecule is CCCNc1cc(C)nc(CN2CCOCC2CC)n1. The van der Waals surface area contributed by atoms with Gasteiger partial charge in [-0.05, 0) is 19.8 Å². The van der Waals surface area contributed by atoms with Crippen molar-refractivity contribution in [3.8, 4) is 0 Å². The molecule has 112 valence electrons. The summed E-state index contributed by atoms with van der Waals surface area (Å²) < 4.78 is 5.55. The first-order valence-corrected chi connectivity index (χ1v) is 7.63. The van der Waals surface area contributed by atoms with E-state index >= 15 is 0 Å². The summed E-state index contributed by atoms with van der Waals surface area (Å²) >= 11 is 0. The molecule has 1 aliphatic rings. The highest BCUT2D eigenvalue weighted by Crippen LogP contribution is 2.14. The number of hydrogen-bond donors (Lipinski definition) is 1. The molecule has 2 rings (SSSR count). The van der Waals surface area contributed by atoms with Crippen molar-refractivity contribution in [2.75, 3.05) is 31.6 Å². The van der Waals surface area contributed by atoms with Crippen molar-refractivity contribution in [3.05, 3.63) is 17.6 Å². The van der Waals surface area contributed by atoms with Crippen molar-refractivity contribution in [1.29, 1.82) is 0 Å². The number of nitrogens with zero attached hydrogens (tertiary/aromatic N) is 3. The molecule has 0 saturated carbocycles. The number of aromatic nitrogens is 2. The van der Waals surface area contributed by atoms with Gasteiger partial charge in [0.1, 0.15) is 11.6 Å². The molecule has 0 aromatic carbocycles. The fourth-order valence-corrected chi connectivity index (χ4v) is 2.50. The van der Waals surface area contributed by atoms with Crippen LogP contribution in [0.1, 0.15) is 38.2 Å². The molecule has 1 unspecified atom stereocenters. The molecule has 0 amide bonds. The summed E-state index contributed by atoms with van der Waals surface area (Å²) in [5.74, 6) is 1.85. The van der Waals surface area contributed by atoms with Crippen molar-refractivity contribution >= 4 is 5.82 Å². The number of nitrogens with one attached hydrogen (secondary N) is 1. The van der Waals surface area contributed by atoms with Crippen LogP contribution >= 0.6 is 0 Å². The zero-order chi connectivity index (χ0) is 14.4. The first kappa shape index (κ1) is 15.2. The van der Waals surface area contributed by atoms with Crippen LogP contribution in [0.4, 0.5) is 5.82 Å². The lowest BCUT2D eigenvalue weighted by molar-refractivity contribution is -0.0138. The smallest absolute Gasteiger partial charge is 0.144 e. The van der Waals surface area contributed by atoms with Gasteiger partial charge in [-0.15, -0.1) is 0 Å². The first-order chi connectivity index (χ1) is 9.72. The van der Waals surface area contributed by atoms with Crippen LogP contribution in [0.25, 0.3) is 0 Å². The van der Waals surface area contributed by atoms with Gasteiger partial charge in [-0.3, -0.25) is 4.90 Å². The molecule has 1 fully saturated rings. The van der Waals surface area contributed by atoms with Gasteiger partial charge in [0.2, 0.25) is 0 Å². The van der Waals surface area contributed by atoms with Crippen LogP contribution in [0.15, 0.2) is 6.07 Å². The van der Waals surface area contributed by atoms with Gasteiger partial charge >= 0.3 is 0 Å². The lowest BCUT2D eigenvalue weighted by Gasteiger charge is -2.34. The predicted octanol–water partition coefficient (Wildman–Crippen LogP) is 2.22. The summed E-state index contributed by atoms with van der Waals surface area (Å²) in [5.41, 5.74) is 1.02. The summed E-state index contributed by atoms with van der Waals surface area (Å²) in [6.07, 6.45) is 2.20. The van der Waals surface area contributed by atoms with Crippen LogP contribution in [-0.2, 0) is 11.3 Å². The zero-order valence-corrected chi connectivity index (χ0v) is 12.9. The highest BCUT2D eigenvalue weighted by atomic mass is 16.5. The monoisotopic (exact) mass is 278 g/mol. The fourth-order valence-electron chi connectivity index (χ4n) is 2.50. The Balaban J connectivity index is 2.05. The lowest BCUT2D eigenvalue weighted by atomic mass is 10.2. The van der Waals surface area contributed by atoms with E-state index in [4.69, 9.17) is 4.74 Å². The van der Waals surface area contributed by atoms with E-state index in [0.717, 1.165) is 63.0 Å². The Morgan fingerprint density at radius 3 is 3.00 bits per heavy atom. The molecule has 1 atom stereocenters. The van der Waals surface area contributed by atoms with E-state index in [1.807, 2.05) is 13.0 Å². The molecule has 0 bridgehead atoms. The second-order valence-corrected chi connectivity index (χ2v) is 5.35. The molecular weight excluding hydrogens is 252 g/mol. The third kappa shape index (κ3) is 4.15. The Bertz CT molecular complexity index is 424. The number of hydrogen-bond acceptors (Lipinski definition) is 5. The standard InChI is InChI=1S/C15H26N4O/c1-4-6-16-14-9-12(3)17-15(18-14)10-19-7-8-20-11-13(19)5-2/h9,13H,4-8,10-11H2,1-3H3,(H,16,17,18). The fraction of sp³-hybridized carbons (Fsp3) is 0.733. The Hall–Kier alpha value is -1.20. The average molecular weight is 278 g/mol. The van der Waals surface area contributed by atoms with Crippen molar-refractivity contribution in [2.24, 2.45) is 0 Å². The van der Waals surface area contributed by atoms with Crippen molar-refractivity contribution in [1.82, 2.24) is 14.9 Å². The van der Waals surface area contributed by atoms with E-state index in [9.17, 15) is 0 Å². The van der Waals surface area contributed by atoms with Crippen LogP contribution in [0, 0.1) is 6.92 Å². The van der Waals surface area contributed by atoms with Gasteiger partial charge in [0.05, 0.1) is 19.8 Å². The minimum atomic E-state index is 0.486. The van der Waals surface area contributed by atoms with E-state index in [2.05, 4.69) is 34.0 Å². The Morgan fingerprint density at radius 1 is 1.40 bits per heavy atom. The minimum Gasteiger partial charge on any atom is -0.378 e. The topological polar surface area (TPSA) is 50.3 Å². The highest BCUT2D eigenvalue weighted by molar-refractivity contribution is 5.35. The van der Waals surface area contributed by atoms with Crippen LogP contribution in [-0.4, -0.2) is 47.2 Å². The molecule has 1 saturated heterocycles. The van der Waals surface area contributed by atoms with Crippen LogP contribution in [0.3, 0.4) is 0 Å². The number of ether oxygens (including phenoxy) is 1. The largest absolute Gasteiger partial charge is 0.378 e. The Kier molecular flexibility index (Phi) is 5.73. The van der Waals surface area contributed by atoms with Gasteiger partial charge in [-0.1, -0.05) is 13.8 Å². The third-order valence-electron chi connectivity index (χ3n) is 3.62. The number of aryl methyl sites for hydroxylation is 1. The van der Waals surface area contributed by atoms with E-state index in [1.165, 1.54) is 0 Å². The molecule has 1 aromatic rings. The summed E-state index contributed by atoms with van der Waals surface area (Å²) in [5, 5.41) is 3.34. The van der Waals surface area contributed by atoms with Crippen molar-refractivity contribution < 1.29 is 4.74 Å². The lowest BCUT2D eigenvalue weighted by Crippen LogP contribution is -2.44.